The molecule has 0 bridgehead atoms. The van der Waals surface area contributed by atoms with Crippen molar-refractivity contribution in [2.24, 2.45) is 0 Å². The van der Waals surface area contributed by atoms with E-state index in [2.05, 4.69) is 31.5 Å². The van der Waals surface area contributed by atoms with Gasteiger partial charge in [-0.1, -0.05) is 59.6 Å². The zero-order valence-electron chi connectivity index (χ0n) is 28.0. The Balaban J connectivity index is 1.01. The molecule has 6 heterocycles. The number of hydrogen-bond donors (Lipinski definition) is 2. The molecular formula is C38H38Cl2N6O4. The number of benzene rings is 2. The number of amides is 2. The molecule has 0 unspecified atom stereocenters. The smallest absolute Gasteiger partial charge is 0.220 e. The first-order valence-electron chi connectivity index (χ1n) is 16.9. The molecular weight excluding hydrogens is 675 g/mol. The molecule has 4 aromatic rings. The van der Waals surface area contributed by atoms with Crippen LogP contribution in [0.25, 0.3) is 33.6 Å². The topological polar surface area (TPSA) is 109 Å². The lowest BCUT2D eigenvalue weighted by atomic mass is 9.88. The Labute approximate surface area is 301 Å². The molecule has 0 aliphatic carbocycles. The Morgan fingerprint density at radius 3 is 2.00 bits per heavy atom. The number of hydrogen-bond acceptors (Lipinski definition) is 8. The number of likely N-dealkylation sites (tertiary alicyclic amines) is 2. The number of nitrogens with one attached hydrogen (secondary N) is 2. The number of carbonyl (C=O) groups is 2. The SMILES string of the molecule is COc1cc(-c2nccc(-c3cccc(-c4ccc(CN5CC6(CCC(=O)N6)C5)c(OC)n4)c3Cl)c2Cl)ccc1CN1CC2(CCC(=O)N2)C1. The van der Waals surface area contributed by atoms with Crippen LogP contribution >= 0.6 is 23.2 Å². The molecule has 8 rings (SSSR count). The van der Waals surface area contributed by atoms with Gasteiger partial charge < -0.3 is 20.1 Å². The molecule has 4 aliphatic rings. The van der Waals surface area contributed by atoms with Crippen LogP contribution in [0.4, 0.5) is 0 Å². The summed E-state index contributed by atoms with van der Waals surface area (Å²) in [6.45, 7) is 4.73. The molecule has 2 aromatic heterocycles. The van der Waals surface area contributed by atoms with Crippen molar-refractivity contribution in [1.29, 1.82) is 0 Å². The zero-order chi connectivity index (χ0) is 34.6. The van der Waals surface area contributed by atoms with Crippen molar-refractivity contribution in [2.75, 3.05) is 40.4 Å². The number of nitrogens with zero attached hydrogens (tertiary/aromatic N) is 4. The summed E-state index contributed by atoms with van der Waals surface area (Å²) in [6.07, 6.45) is 4.73. The summed E-state index contributed by atoms with van der Waals surface area (Å²) in [5, 5.41) is 7.28. The molecule has 50 heavy (non-hydrogen) atoms. The van der Waals surface area contributed by atoms with Gasteiger partial charge in [0.1, 0.15) is 5.75 Å². The molecule has 2 N–H and O–H groups in total. The first-order valence-corrected chi connectivity index (χ1v) is 17.6. The maximum atomic E-state index is 11.8. The molecule has 2 amide bonds. The van der Waals surface area contributed by atoms with Crippen molar-refractivity contribution in [3.63, 3.8) is 0 Å². The summed E-state index contributed by atoms with van der Waals surface area (Å²) >= 11 is 14.2. The van der Waals surface area contributed by atoms with E-state index < -0.39 is 0 Å². The van der Waals surface area contributed by atoms with E-state index in [4.69, 9.17) is 37.7 Å². The first-order chi connectivity index (χ1) is 24.2. The summed E-state index contributed by atoms with van der Waals surface area (Å²) in [4.78, 5) is 37.6. The van der Waals surface area contributed by atoms with Crippen LogP contribution in [0.3, 0.4) is 0 Å². The molecule has 4 aliphatic heterocycles. The third kappa shape index (κ3) is 5.98. The van der Waals surface area contributed by atoms with Crippen molar-refractivity contribution < 1.29 is 19.1 Å². The number of carbonyl (C=O) groups excluding carboxylic acids is 2. The number of pyridine rings is 2. The fraction of sp³-hybridized carbons (Fsp3) is 0.368. The Kier molecular flexibility index (Phi) is 8.46. The highest BCUT2D eigenvalue weighted by atomic mass is 35.5. The second-order valence-electron chi connectivity index (χ2n) is 14.0. The van der Waals surface area contributed by atoms with Crippen molar-refractivity contribution in [2.45, 2.75) is 49.9 Å². The predicted molar refractivity (Wildman–Crippen MR) is 192 cm³/mol. The molecule has 258 valence electrons. The lowest BCUT2D eigenvalue weighted by Gasteiger charge is -2.48. The van der Waals surface area contributed by atoms with E-state index in [9.17, 15) is 9.59 Å². The summed E-state index contributed by atoms with van der Waals surface area (Å²) < 4.78 is 11.5. The number of rotatable bonds is 9. The predicted octanol–water partition coefficient (Wildman–Crippen LogP) is 5.73. The Morgan fingerprint density at radius 1 is 0.760 bits per heavy atom. The maximum absolute atomic E-state index is 11.8. The second kappa shape index (κ2) is 12.8. The van der Waals surface area contributed by atoms with Crippen LogP contribution in [0.2, 0.25) is 10.0 Å². The highest BCUT2D eigenvalue weighted by molar-refractivity contribution is 6.39. The van der Waals surface area contributed by atoms with Gasteiger partial charge in [0.25, 0.3) is 0 Å². The van der Waals surface area contributed by atoms with Crippen LogP contribution < -0.4 is 20.1 Å². The van der Waals surface area contributed by atoms with Crippen molar-refractivity contribution >= 4 is 35.0 Å². The Bertz CT molecular complexity index is 1870. The molecule has 0 radical (unpaired) electrons. The van der Waals surface area contributed by atoms with Crippen molar-refractivity contribution in [3.8, 4) is 45.3 Å². The van der Waals surface area contributed by atoms with Gasteiger partial charge in [-0.25, -0.2) is 4.98 Å². The van der Waals surface area contributed by atoms with E-state index in [1.807, 2.05) is 48.5 Å². The fourth-order valence-electron chi connectivity index (χ4n) is 8.08. The van der Waals surface area contributed by atoms with E-state index in [1.165, 1.54) is 0 Å². The largest absolute Gasteiger partial charge is 0.496 e. The number of halogens is 2. The molecule has 0 saturated carbocycles. The van der Waals surface area contributed by atoms with Gasteiger partial charge in [0, 0.05) is 91.7 Å². The normalized spacial score (nSPS) is 19.3. The van der Waals surface area contributed by atoms with Crippen LogP contribution in [0.1, 0.15) is 36.8 Å². The van der Waals surface area contributed by atoms with E-state index in [0.29, 0.717) is 46.7 Å². The third-order valence-electron chi connectivity index (χ3n) is 10.5. The van der Waals surface area contributed by atoms with Gasteiger partial charge in [-0.15, -0.1) is 0 Å². The van der Waals surface area contributed by atoms with Crippen LogP contribution in [0.15, 0.2) is 60.8 Å². The summed E-state index contributed by atoms with van der Waals surface area (Å²) in [6, 6.07) is 17.7. The highest BCUT2D eigenvalue weighted by Crippen LogP contribution is 2.43. The van der Waals surface area contributed by atoms with Crippen molar-refractivity contribution in [3.05, 3.63) is 82.0 Å². The van der Waals surface area contributed by atoms with E-state index in [0.717, 1.165) is 84.7 Å². The molecule has 2 aromatic carbocycles. The minimum Gasteiger partial charge on any atom is -0.496 e. The lowest BCUT2D eigenvalue weighted by Crippen LogP contribution is -2.66. The van der Waals surface area contributed by atoms with Crippen LogP contribution in [-0.4, -0.2) is 83.1 Å². The van der Waals surface area contributed by atoms with Gasteiger partial charge in [0.15, 0.2) is 0 Å². The first kappa shape index (κ1) is 33.0. The van der Waals surface area contributed by atoms with E-state index in [1.54, 1.807) is 20.4 Å². The zero-order valence-corrected chi connectivity index (χ0v) is 29.5. The number of aromatic nitrogens is 2. The van der Waals surface area contributed by atoms with Crippen molar-refractivity contribution in [1.82, 2.24) is 30.4 Å². The molecule has 10 nitrogen and oxygen atoms in total. The molecule has 4 fully saturated rings. The quantitative estimate of drug-likeness (QED) is 0.227. The van der Waals surface area contributed by atoms with Gasteiger partial charge in [0.05, 0.1) is 46.7 Å². The van der Waals surface area contributed by atoms with Gasteiger partial charge in [-0.2, -0.15) is 0 Å². The van der Waals surface area contributed by atoms with Gasteiger partial charge >= 0.3 is 0 Å². The lowest BCUT2D eigenvalue weighted by molar-refractivity contribution is -0.121. The molecule has 4 saturated heterocycles. The summed E-state index contributed by atoms with van der Waals surface area (Å²) in [7, 11) is 3.29. The third-order valence-corrected chi connectivity index (χ3v) is 11.3. The number of ether oxygens (including phenoxy) is 2. The van der Waals surface area contributed by atoms with E-state index >= 15 is 0 Å². The Hall–Kier alpha value is -4.22. The average Bonchev–Trinajstić information content (AvgIpc) is 3.68. The molecule has 12 heteroatoms. The second-order valence-corrected chi connectivity index (χ2v) is 14.8. The summed E-state index contributed by atoms with van der Waals surface area (Å²) in [5.74, 6) is 1.58. The van der Waals surface area contributed by atoms with Gasteiger partial charge in [-0.3, -0.25) is 24.4 Å². The summed E-state index contributed by atoms with van der Waals surface area (Å²) in [5.41, 5.74) is 6.31. The van der Waals surface area contributed by atoms with Crippen LogP contribution in [0.5, 0.6) is 11.6 Å². The Morgan fingerprint density at radius 2 is 1.38 bits per heavy atom. The highest BCUT2D eigenvalue weighted by Gasteiger charge is 2.48. The average molecular weight is 714 g/mol. The minimum atomic E-state index is -0.0790. The standard InChI is InChI=1S/C38H38Cl2N6O4/c1-49-30-16-23(6-7-24(30)17-45-19-37(20-45)13-10-31(47)43-37)35-34(40)27(12-15-41-35)26-4-3-5-28(33(26)39)29-9-8-25(36(42-29)50-2)18-46-21-38(22-46)14-11-32(48)44-38/h3-9,12,15-16H,10-11,13-14,17-22H2,1-2H3,(H,43,47)(H,44,48). The van der Waals surface area contributed by atoms with Crippen LogP contribution in [0, 0.1) is 0 Å². The minimum absolute atomic E-state index is 0.0681. The van der Waals surface area contributed by atoms with Crippen LogP contribution in [-0.2, 0) is 22.7 Å². The number of methoxy groups -OCH3 is 2. The molecule has 0 atom stereocenters. The monoisotopic (exact) mass is 712 g/mol. The van der Waals surface area contributed by atoms with Gasteiger partial charge in [-0.05, 0) is 31.0 Å². The van der Waals surface area contributed by atoms with Gasteiger partial charge in [0.2, 0.25) is 17.7 Å². The van der Waals surface area contributed by atoms with E-state index in [-0.39, 0.29) is 22.9 Å². The fourth-order valence-corrected chi connectivity index (χ4v) is 8.72. The molecule has 2 spiro atoms. The maximum Gasteiger partial charge on any atom is 0.220 e.